The fourth-order valence-corrected chi connectivity index (χ4v) is 9.81. The van der Waals surface area contributed by atoms with Gasteiger partial charge in [-0.05, 0) is 38.5 Å². The molecule has 0 saturated heterocycles. The van der Waals surface area contributed by atoms with Gasteiger partial charge in [-0.25, -0.2) is 4.57 Å². The Morgan fingerprint density at radius 3 is 1.09 bits per heavy atom. The average molecular weight is 1010 g/mol. The molecule has 0 rings (SSSR count). The molecule has 70 heavy (non-hydrogen) atoms. The zero-order valence-electron chi connectivity index (χ0n) is 47.3. The van der Waals surface area contributed by atoms with E-state index >= 15 is 0 Å². The molecule has 0 saturated carbocycles. The van der Waals surface area contributed by atoms with Gasteiger partial charge < -0.3 is 18.9 Å². The highest BCUT2D eigenvalue weighted by Crippen LogP contribution is 2.43. The van der Waals surface area contributed by atoms with E-state index in [2.05, 4.69) is 26.0 Å². The molecule has 0 aromatic carbocycles. The molecule has 1 N–H and O–H groups in total. The molecule has 9 nitrogen and oxygen atoms in total. The SMILES string of the molecule is CCCCC/C=C\CCCCCCCC(=O)OC(COC(=O)CCCCCCCCCCCCCCCCCCCCCCCCCCCCCCCCCCCC)COP(=O)(O)OCC[N+](C)(C)C. The summed E-state index contributed by atoms with van der Waals surface area (Å²) in [6, 6.07) is 0. The van der Waals surface area contributed by atoms with Gasteiger partial charge in [-0.1, -0.05) is 270 Å². The van der Waals surface area contributed by atoms with Crippen LogP contribution in [-0.2, 0) is 32.7 Å². The quantitative estimate of drug-likeness (QED) is 0.0211. The molecule has 0 aliphatic rings. The molecule has 416 valence electrons. The minimum absolute atomic E-state index is 0.0334. The molecule has 0 radical (unpaired) electrons. The summed E-state index contributed by atoms with van der Waals surface area (Å²) in [6.45, 7) is 4.44. The second kappa shape index (κ2) is 52.6. The molecule has 0 aliphatic carbocycles. The van der Waals surface area contributed by atoms with Crippen molar-refractivity contribution >= 4 is 19.8 Å². The lowest BCUT2D eigenvalue weighted by Crippen LogP contribution is -2.37. The predicted molar refractivity (Wildman–Crippen MR) is 298 cm³/mol. The monoisotopic (exact) mass is 1010 g/mol. The second-order valence-electron chi connectivity index (χ2n) is 22.1. The van der Waals surface area contributed by atoms with Crippen molar-refractivity contribution in [2.45, 2.75) is 315 Å². The van der Waals surface area contributed by atoms with Crippen molar-refractivity contribution in [2.75, 3.05) is 47.5 Å². The van der Waals surface area contributed by atoms with Gasteiger partial charge in [0.2, 0.25) is 0 Å². The maximum absolute atomic E-state index is 12.7. The lowest BCUT2D eigenvalue weighted by molar-refractivity contribution is -0.870. The summed E-state index contributed by atoms with van der Waals surface area (Å²) in [6.07, 6.45) is 61.8. The number of nitrogens with zero attached hydrogens (tertiary/aromatic N) is 1. The normalized spacial score (nSPS) is 13.3. The van der Waals surface area contributed by atoms with E-state index in [1.165, 1.54) is 225 Å². The number of allylic oxidation sites excluding steroid dienone is 2. The highest BCUT2D eigenvalue weighted by Gasteiger charge is 2.27. The molecule has 2 atom stereocenters. The minimum atomic E-state index is -4.38. The van der Waals surface area contributed by atoms with Gasteiger partial charge in [0.05, 0.1) is 27.7 Å². The Morgan fingerprint density at radius 2 is 0.729 bits per heavy atom. The number of likely N-dealkylation sites (N-methyl/N-ethyl adjacent to an activating group) is 1. The molecule has 10 heteroatoms. The lowest BCUT2D eigenvalue weighted by atomic mass is 10.0. The van der Waals surface area contributed by atoms with E-state index in [0.29, 0.717) is 23.9 Å². The number of carbonyl (C=O) groups is 2. The first-order valence-electron chi connectivity index (χ1n) is 30.4. The Hall–Kier alpha value is -1.25. The third kappa shape index (κ3) is 56.1. The van der Waals surface area contributed by atoms with Crippen molar-refractivity contribution in [3.8, 4) is 0 Å². The fraction of sp³-hybridized carbons (Fsp3) is 0.933. The number of hydrogen-bond acceptors (Lipinski definition) is 7. The number of carbonyl (C=O) groups excluding carboxylic acids is 2. The van der Waals surface area contributed by atoms with Crippen LogP contribution in [0.3, 0.4) is 0 Å². The largest absolute Gasteiger partial charge is 0.472 e. The third-order valence-corrected chi connectivity index (χ3v) is 14.8. The van der Waals surface area contributed by atoms with Gasteiger partial charge in [0, 0.05) is 12.8 Å². The molecule has 0 aliphatic heterocycles. The Kier molecular flexibility index (Phi) is 51.7. The molecule has 0 bridgehead atoms. The van der Waals surface area contributed by atoms with E-state index < -0.39 is 26.5 Å². The van der Waals surface area contributed by atoms with Gasteiger partial charge >= 0.3 is 19.8 Å². The maximum atomic E-state index is 12.7. The Bertz CT molecular complexity index is 1190. The van der Waals surface area contributed by atoms with E-state index in [9.17, 15) is 19.0 Å². The van der Waals surface area contributed by atoms with E-state index in [4.69, 9.17) is 18.5 Å². The summed E-state index contributed by atoms with van der Waals surface area (Å²) >= 11 is 0. The number of rotatable bonds is 57. The average Bonchev–Trinajstić information content (AvgIpc) is 3.32. The topological polar surface area (TPSA) is 108 Å². The van der Waals surface area contributed by atoms with Crippen LogP contribution in [0.1, 0.15) is 309 Å². The van der Waals surface area contributed by atoms with Crippen molar-refractivity contribution in [3.05, 3.63) is 12.2 Å². The van der Waals surface area contributed by atoms with E-state index in [0.717, 1.165) is 51.4 Å². The van der Waals surface area contributed by atoms with Crippen molar-refractivity contribution < 1.29 is 42.1 Å². The van der Waals surface area contributed by atoms with Crippen molar-refractivity contribution in [1.29, 1.82) is 0 Å². The molecule has 0 aromatic heterocycles. The molecule has 0 heterocycles. The van der Waals surface area contributed by atoms with Crippen LogP contribution in [0, 0.1) is 0 Å². The number of unbranched alkanes of at least 4 members (excludes halogenated alkanes) is 41. The Balaban J connectivity index is 3.87. The van der Waals surface area contributed by atoms with Gasteiger partial charge in [-0.3, -0.25) is 18.6 Å². The number of hydrogen-bond donors (Lipinski definition) is 1. The van der Waals surface area contributed by atoms with Crippen LogP contribution in [0.2, 0.25) is 0 Å². The molecule has 0 spiro atoms. The zero-order valence-corrected chi connectivity index (χ0v) is 48.2. The van der Waals surface area contributed by atoms with Gasteiger partial charge in [0.25, 0.3) is 0 Å². The number of quaternary nitrogens is 1. The Labute approximate surface area is 435 Å². The molecular formula is C60H119NO8P+. The number of phosphoric ester groups is 1. The third-order valence-electron chi connectivity index (χ3n) is 13.8. The fourth-order valence-electron chi connectivity index (χ4n) is 9.07. The smallest absolute Gasteiger partial charge is 0.462 e. The summed E-state index contributed by atoms with van der Waals surface area (Å²) in [7, 11) is 1.49. The van der Waals surface area contributed by atoms with Gasteiger partial charge in [-0.15, -0.1) is 0 Å². The number of esters is 2. The van der Waals surface area contributed by atoms with Crippen molar-refractivity contribution in [3.63, 3.8) is 0 Å². The van der Waals surface area contributed by atoms with Crippen LogP contribution in [0.5, 0.6) is 0 Å². The summed E-state index contributed by atoms with van der Waals surface area (Å²) < 4.78 is 34.5. The summed E-state index contributed by atoms with van der Waals surface area (Å²) in [5, 5.41) is 0. The standard InChI is InChI=1S/C60H118NO8P/c1-6-8-10-12-14-16-18-20-21-22-23-24-25-26-27-28-29-30-31-32-33-34-35-36-37-38-39-40-41-43-44-46-48-50-52-59(62)66-56-58(57-68-70(64,65)67-55-54-61(3,4)5)69-60(63)53-51-49-47-45-42-19-17-15-13-11-9-7-2/h15,17,58H,6-14,16,18-57H2,1-5H3/p+1/b17-15-. The summed E-state index contributed by atoms with van der Waals surface area (Å²) in [4.78, 5) is 35.6. The van der Waals surface area contributed by atoms with Crippen LogP contribution >= 0.6 is 7.82 Å². The summed E-state index contributed by atoms with van der Waals surface area (Å²) in [5.41, 5.74) is 0. The molecule has 0 fully saturated rings. The highest BCUT2D eigenvalue weighted by atomic mass is 31.2. The second-order valence-corrected chi connectivity index (χ2v) is 23.6. The van der Waals surface area contributed by atoms with Crippen LogP contribution in [0.4, 0.5) is 0 Å². The number of ether oxygens (including phenoxy) is 2. The predicted octanol–water partition coefficient (Wildman–Crippen LogP) is 18.8. The van der Waals surface area contributed by atoms with Crippen LogP contribution < -0.4 is 0 Å². The van der Waals surface area contributed by atoms with Gasteiger partial charge in [0.15, 0.2) is 6.10 Å². The number of phosphoric acid groups is 1. The lowest BCUT2D eigenvalue weighted by Gasteiger charge is -2.24. The minimum Gasteiger partial charge on any atom is -0.462 e. The molecule has 2 unspecified atom stereocenters. The van der Waals surface area contributed by atoms with Gasteiger partial charge in [-0.2, -0.15) is 0 Å². The van der Waals surface area contributed by atoms with E-state index in [-0.39, 0.29) is 25.6 Å². The maximum Gasteiger partial charge on any atom is 0.472 e. The first-order valence-corrected chi connectivity index (χ1v) is 31.9. The highest BCUT2D eigenvalue weighted by molar-refractivity contribution is 7.47. The van der Waals surface area contributed by atoms with E-state index in [1.807, 2.05) is 21.1 Å². The van der Waals surface area contributed by atoms with Crippen LogP contribution in [0.15, 0.2) is 12.2 Å². The zero-order chi connectivity index (χ0) is 51.3. The first kappa shape index (κ1) is 68.8. The van der Waals surface area contributed by atoms with Crippen molar-refractivity contribution in [1.82, 2.24) is 0 Å². The van der Waals surface area contributed by atoms with Crippen LogP contribution in [0.25, 0.3) is 0 Å². The first-order chi connectivity index (χ1) is 34.0. The molecule has 0 amide bonds. The van der Waals surface area contributed by atoms with Gasteiger partial charge in [0.1, 0.15) is 19.8 Å². The summed E-state index contributed by atoms with van der Waals surface area (Å²) in [5.74, 6) is -0.793. The molecule has 0 aromatic rings. The van der Waals surface area contributed by atoms with E-state index in [1.54, 1.807) is 0 Å². The molecular weight excluding hydrogens is 894 g/mol. The van der Waals surface area contributed by atoms with Crippen molar-refractivity contribution in [2.24, 2.45) is 0 Å². The van der Waals surface area contributed by atoms with Crippen LogP contribution in [-0.4, -0.2) is 74.9 Å². The Morgan fingerprint density at radius 1 is 0.429 bits per heavy atom.